The van der Waals surface area contributed by atoms with Gasteiger partial charge in [-0.2, -0.15) is 4.31 Å². The second-order valence-electron chi connectivity index (χ2n) is 6.11. The number of ether oxygens (including phenoxy) is 2. The SMILES string of the molecule is Cc1cc(NC(=O)COC(=O)c2cc(S(=O)(=O)N3CCOCC3)ccc2Cl)on1. The van der Waals surface area contributed by atoms with Crippen LogP contribution in [0.15, 0.2) is 33.7 Å². The molecule has 0 saturated carbocycles. The van der Waals surface area contributed by atoms with Gasteiger partial charge in [0.2, 0.25) is 15.9 Å². The minimum atomic E-state index is -3.82. The minimum absolute atomic E-state index is 0.00203. The highest BCUT2D eigenvalue weighted by Crippen LogP contribution is 2.24. The predicted molar refractivity (Wildman–Crippen MR) is 101 cm³/mol. The summed E-state index contributed by atoms with van der Waals surface area (Å²) in [7, 11) is -3.82. The first-order valence-electron chi connectivity index (χ1n) is 8.55. The number of halogens is 1. The Bertz CT molecular complexity index is 1020. The van der Waals surface area contributed by atoms with E-state index in [1.165, 1.54) is 22.5 Å². The monoisotopic (exact) mass is 443 g/mol. The van der Waals surface area contributed by atoms with Gasteiger partial charge in [-0.25, -0.2) is 13.2 Å². The summed E-state index contributed by atoms with van der Waals surface area (Å²) in [4.78, 5) is 24.1. The maximum absolute atomic E-state index is 12.7. The van der Waals surface area contributed by atoms with Gasteiger partial charge in [0.25, 0.3) is 5.91 Å². The Labute approximate surface area is 171 Å². The van der Waals surface area contributed by atoms with Crippen LogP contribution < -0.4 is 5.32 Å². The van der Waals surface area contributed by atoms with Crippen LogP contribution in [0.25, 0.3) is 0 Å². The molecule has 2 aromatic rings. The number of sulfonamides is 1. The van der Waals surface area contributed by atoms with Crippen LogP contribution in [0.3, 0.4) is 0 Å². The van der Waals surface area contributed by atoms with Gasteiger partial charge in [-0.05, 0) is 25.1 Å². The van der Waals surface area contributed by atoms with Crippen molar-refractivity contribution in [3.8, 4) is 0 Å². The van der Waals surface area contributed by atoms with Crippen molar-refractivity contribution in [3.05, 3.63) is 40.5 Å². The lowest BCUT2D eigenvalue weighted by Crippen LogP contribution is -2.40. The molecule has 29 heavy (non-hydrogen) atoms. The molecule has 1 amide bonds. The van der Waals surface area contributed by atoms with Gasteiger partial charge < -0.3 is 14.0 Å². The van der Waals surface area contributed by atoms with Crippen molar-refractivity contribution in [1.29, 1.82) is 0 Å². The van der Waals surface area contributed by atoms with Crippen LogP contribution in [0.4, 0.5) is 5.88 Å². The molecular formula is C17H18ClN3O7S. The summed E-state index contributed by atoms with van der Waals surface area (Å²) in [6.07, 6.45) is 0. The molecule has 0 bridgehead atoms. The number of hydrogen-bond acceptors (Lipinski definition) is 8. The fourth-order valence-corrected chi connectivity index (χ4v) is 4.19. The number of anilines is 1. The molecule has 1 aromatic heterocycles. The van der Waals surface area contributed by atoms with Crippen LogP contribution in [0, 0.1) is 6.92 Å². The van der Waals surface area contributed by atoms with Gasteiger partial charge in [0.05, 0.1) is 34.4 Å². The second-order valence-corrected chi connectivity index (χ2v) is 8.46. The van der Waals surface area contributed by atoms with E-state index in [-0.39, 0.29) is 34.5 Å². The zero-order chi connectivity index (χ0) is 21.0. The van der Waals surface area contributed by atoms with Gasteiger partial charge in [0, 0.05) is 19.2 Å². The third-order valence-corrected chi connectivity index (χ3v) is 6.21. The van der Waals surface area contributed by atoms with E-state index >= 15 is 0 Å². The van der Waals surface area contributed by atoms with E-state index in [0.29, 0.717) is 18.9 Å². The summed E-state index contributed by atoms with van der Waals surface area (Å²) < 4.78 is 41.7. The Morgan fingerprint density at radius 2 is 2.00 bits per heavy atom. The zero-order valence-corrected chi connectivity index (χ0v) is 17.0. The fourth-order valence-electron chi connectivity index (χ4n) is 2.56. The van der Waals surface area contributed by atoms with Gasteiger partial charge in [-0.15, -0.1) is 0 Å². The van der Waals surface area contributed by atoms with E-state index in [4.69, 9.17) is 25.6 Å². The van der Waals surface area contributed by atoms with Crippen molar-refractivity contribution < 1.29 is 32.0 Å². The average molecular weight is 444 g/mol. The van der Waals surface area contributed by atoms with Crippen molar-refractivity contribution in [2.75, 3.05) is 38.2 Å². The molecule has 1 saturated heterocycles. The smallest absolute Gasteiger partial charge is 0.340 e. The molecule has 1 aromatic carbocycles. The van der Waals surface area contributed by atoms with Gasteiger partial charge in [-0.3, -0.25) is 10.1 Å². The van der Waals surface area contributed by atoms with Crippen LogP contribution in [0.2, 0.25) is 5.02 Å². The number of nitrogens with zero attached hydrogens (tertiary/aromatic N) is 2. The molecule has 0 atom stereocenters. The summed E-state index contributed by atoms with van der Waals surface area (Å²) in [5, 5.41) is 5.98. The number of carbonyl (C=O) groups excluding carboxylic acids is 2. The first kappa shape index (κ1) is 21.2. The van der Waals surface area contributed by atoms with Gasteiger partial charge >= 0.3 is 5.97 Å². The third-order valence-electron chi connectivity index (χ3n) is 3.99. The highest BCUT2D eigenvalue weighted by Gasteiger charge is 2.28. The second kappa shape index (κ2) is 8.91. The summed E-state index contributed by atoms with van der Waals surface area (Å²) in [5.41, 5.74) is 0.409. The first-order valence-corrected chi connectivity index (χ1v) is 10.4. The first-order chi connectivity index (χ1) is 13.8. The zero-order valence-electron chi connectivity index (χ0n) is 15.4. The number of hydrogen-bond donors (Lipinski definition) is 1. The number of carbonyl (C=O) groups is 2. The van der Waals surface area contributed by atoms with Crippen LogP contribution >= 0.6 is 11.6 Å². The van der Waals surface area contributed by atoms with Gasteiger partial charge in [0.1, 0.15) is 0 Å². The van der Waals surface area contributed by atoms with Gasteiger partial charge in [-0.1, -0.05) is 16.8 Å². The van der Waals surface area contributed by atoms with E-state index in [9.17, 15) is 18.0 Å². The molecular weight excluding hydrogens is 426 g/mol. The number of rotatable bonds is 6. The molecule has 156 valence electrons. The van der Waals surface area contributed by atoms with Gasteiger partial charge in [0.15, 0.2) is 6.61 Å². The van der Waals surface area contributed by atoms with Crippen LogP contribution in [-0.4, -0.2) is 62.7 Å². The van der Waals surface area contributed by atoms with Crippen LogP contribution in [0.5, 0.6) is 0 Å². The lowest BCUT2D eigenvalue weighted by Gasteiger charge is -2.26. The number of nitrogens with one attached hydrogen (secondary N) is 1. The van der Waals surface area contributed by atoms with E-state index in [2.05, 4.69) is 10.5 Å². The molecule has 1 aliphatic rings. The Balaban J connectivity index is 1.68. The van der Waals surface area contributed by atoms with E-state index in [1.807, 2.05) is 0 Å². The molecule has 2 heterocycles. The third kappa shape index (κ3) is 5.12. The van der Waals surface area contributed by atoms with Crippen molar-refractivity contribution in [2.45, 2.75) is 11.8 Å². The Kier molecular flexibility index (Phi) is 6.52. The standard InChI is InChI=1S/C17H18ClN3O7S/c1-11-8-16(28-20-11)19-15(22)10-27-17(23)13-9-12(2-3-14(13)18)29(24,25)21-4-6-26-7-5-21/h2-3,8-9H,4-7,10H2,1H3,(H,19,22). The largest absolute Gasteiger partial charge is 0.452 e. The minimum Gasteiger partial charge on any atom is -0.452 e. The average Bonchev–Trinajstić information content (AvgIpc) is 3.11. The lowest BCUT2D eigenvalue weighted by atomic mass is 10.2. The predicted octanol–water partition coefficient (Wildman–Crippen LogP) is 1.45. The number of amides is 1. The molecule has 1 fully saturated rings. The van der Waals surface area contributed by atoms with Crippen molar-refractivity contribution in [1.82, 2.24) is 9.46 Å². The van der Waals surface area contributed by atoms with Crippen molar-refractivity contribution >= 4 is 39.4 Å². The highest BCUT2D eigenvalue weighted by molar-refractivity contribution is 7.89. The highest BCUT2D eigenvalue weighted by atomic mass is 35.5. The van der Waals surface area contributed by atoms with Crippen LogP contribution in [-0.2, 0) is 24.3 Å². The molecule has 1 aliphatic heterocycles. The molecule has 10 nitrogen and oxygen atoms in total. The maximum atomic E-state index is 12.7. The number of morpholine rings is 1. The van der Waals surface area contributed by atoms with Crippen LogP contribution in [0.1, 0.15) is 16.1 Å². The number of benzene rings is 1. The fraction of sp³-hybridized carbons (Fsp3) is 0.353. The van der Waals surface area contributed by atoms with Crippen molar-refractivity contribution in [3.63, 3.8) is 0 Å². The molecule has 0 unspecified atom stereocenters. The molecule has 12 heteroatoms. The summed E-state index contributed by atoms with van der Waals surface area (Å²) in [5.74, 6) is -1.47. The molecule has 0 spiro atoms. The summed E-state index contributed by atoms with van der Waals surface area (Å²) in [6.45, 7) is 2.08. The Morgan fingerprint density at radius 3 is 2.66 bits per heavy atom. The topological polar surface area (TPSA) is 128 Å². The lowest BCUT2D eigenvalue weighted by molar-refractivity contribution is -0.119. The van der Waals surface area contributed by atoms with Crippen molar-refractivity contribution in [2.24, 2.45) is 0 Å². The van der Waals surface area contributed by atoms with E-state index in [1.54, 1.807) is 6.92 Å². The number of aryl methyl sites for hydroxylation is 1. The normalized spacial score (nSPS) is 15.1. The quantitative estimate of drug-likeness (QED) is 0.664. The van der Waals surface area contributed by atoms with E-state index < -0.39 is 28.5 Å². The molecule has 1 N–H and O–H groups in total. The Hall–Kier alpha value is -2.47. The van der Waals surface area contributed by atoms with E-state index in [0.717, 1.165) is 6.07 Å². The molecule has 0 radical (unpaired) electrons. The summed E-state index contributed by atoms with van der Waals surface area (Å²) in [6, 6.07) is 5.23. The molecule has 3 rings (SSSR count). The number of aromatic nitrogens is 1. The number of esters is 1. The summed E-state index contributed by atoms with van der Waals surface area (Å²) >= 11 is 6.02. The Morgan fingerprint density at radius 1 is 1.28 bits per heavy atom. The molecule has 0 aliphatic carbocycles. The maximum Gasteiger partial charge on any atom is 0.340 e.